The summed E-state index contributed by atoms with van der Waals surface area (Å²) in [5.41, 5.74) is 2.03. The summed E-state index contributed by atoms with van der Waals surface area (Å²) in [5.74, 6) is 0. The first-order chi connectivity index (χ1) is 9.25. The van der Waals surface area contributed by atoms with Crippen molar-refractivity contribution < 1.29 is 4.79 Å². The van der Waals surface area contributed by atoms with E-state index in [1.807, 2.05) is 40.9 Å². The molecule has 100 valence electrons. The third-order valence-electron chi connectivity index (χ3n) is 3.78. The van der Waals surface area contributed by atoms with Gasteiger partial charge in [0.25, 0.3) is 0 Å². The van der Waals surface area contributed by atoms with E-state index in [0.29, 0.717) is 0 Å². The molecule has 4 nitrogen and oxygen atoms in total. The zero-order valence-electron chi connectivity index (χ0n) is 11.2. The number of rotatable bonds is 1. The van der Waals surface area contributed by atoms with Crippen LogP contribution in [0.25, 0.3) is 10.9 Å². The summed E-state index contributed by atoms with van der Waals surface area (Å²) in [6, 6.07) is 8.14. The van der Waals surface area contributed by atoms with Crippen molar-refractivity contribution in [3.63, 3.8) is 0 Å². The van der Waals surface area contributed by atoms with Gasteiger partial charge in [-0.1, -0.05) is 18.2 Å². The van der Waals surface area contributed by atoms with Crippen molar-refractivity contribution in [2.24, 2.45) is 7.05 Å². The number of aryl methyl sites for hydroxylation is 1. The van der Waals surface area contributed by atoms with Crippen molar-refractivity contribution in [3.8, 4) is 0 Å². The Morgan fingerprint density at radius 1 is 1.16 bits per heavy atom. The third-order valence-corrected chi connectivity index (χ3v) is 3.78. The van der Waals surface area contributed by atoms with E-state index >= 15 is 0 Å². The minimum absolute atomic E-state index is 0.0241. The van der Waals surface area contributed by atoms with Crippen LogP contribution in [0.15, 0.2) is 30.5 Å². The number of amides is 2. The van der Waals surface area contributed by atoms with E-state index in [-0.39, 0.29) is 6.03 Å². The molecular weight excluding hydrogens is 238 g/mol. The molecule has 2 aromatic rings. The number of carbonyl (C=O) groups is 1. The fourth-order valence-electron chi connectivity index (χ4n) is 2.73. The van der Waals surface area contributed by atoms with E-state index in [1.165, 1.54) is 6.42 Å². The number of para-hydroxylation sites is 1. The summed E-state index contributed by atoms with van der Waals surface area (Å²) in [4.78, 5) is 14.1. The summed E-state index contributed by atoms with van der Waals surface area (Å²) in [6.45, 7) is 1.74. The number of nitrogens with one attached hydrogen (secondary N) is 1. The van der Waals surface area contributed by atoms with Crippen LogP contribution in [0.1, 0.15) is 19.3 Å². The molecule has 19 heavy (non-hydrogen) atoms. The summed E-state index contributed by atoms with van der Waals surface area (Å²) in [6.07, 6.45) is 5.44. The molecule has 1 aromatic heterocycles. The second kappa shape index (κ2) is 4.96. The van der Waals surface area contributed by atoms with Crippen molar-refractivity contribution in [2.75, 3.05) is 18.4 Å². The highest BCUT2D eigenvalue weighted by Crippen LogP contribution is 2.25. The van der Waals surface area contributed by atoms with Crippen LogP contribution in [-0.4, -0.2) is 28.6 Å². The Labute approximate surface area is 113 Å². The SMILES string of the molecule is Cn1cc(NC(=O)N2CCCCC2)c2ccccc21. The summed E-state index contributed by atoms with van der Waals surface area (Å²) >= 11 is 0. The highest BCUT2D eigenvalue weighted by Gasteiger charge is 2.17. The molecular formula is C15H19N3O. The molecule has 0 atom stereocenters. The Balaban J connectivity index is 1.83. The molecule has 0 bridgehead atoms. The highest BCUT2D eigenvalue weighted by molar-refractivity contribution is 6.01. The largest absolute Gasteiger partial charge is 0.348 e. The van der Waals surface area contributed by atoms with Gasteiger partial charge >= 0.3 is 6.03 Å². The molecule has 4 heteroatoms. The number of fused-ring (bicyclic) bond motifs is 1. The molecule has 2 amide bonds. The molecule has 1 fully saturated rings. The minimum atomic E-state index is 0.0241. The fourth-order valence-corrected chi connectivity index (χ4v) is 2.73. The van der Waals surface area contributed by atoms with Gasteiger partial charge in [-0.3, -0.25) is 0 Å². The summed E-state index contributed by atoms with van der Waals surface area (Å²) in [5, 5.41) is 4.13. The molecule has 0 unspecified atom stereocenters. The van der Waals surface area contributed by atoms with E-state index in [2.05, 4.69) is 11.4 Å². The normalized spacial score (nSPS) is 15.7. The van der Waals surface area contributed by atoms with Gasteiger partial charge in [0.15, 0.2) is 0 Å². The number of anilines is 1. The molecule has 0 aliphatic carbocycles. The standard InChI is InChI=1S/C15H19N3O/c1-17-11-13(12-7-3-4-8-14(12)17)16-15(19)18-9-5-2-6-10-18/h3-4,7-8,11H,2,5-6,9-10H2,1H3,(H,16,19). The molecule has 1 aromatic carbocycles. The monoisotopic (exact) mass is 257 g/mol. The number of benzene rings is 1. The van der Waals surface area contributed by atoms with Crippen LogP contribution in [0.3, 0.4) is 0 Å². The van der Waals surface area contributed by atoms with Gasteiger partial charge in [0.05, 0.1) is 5.69 Å². The van der Waals surface area contributed by atoms with Crippen LogP contribution in [-0.2, 0) is 7.05 Å². The number of aromatic nitrogens is 1. The van der Waals surface area contributed by atoms with E-state index in [0.717, 1.165) is 42.5 Å². The summed E-state index contributed by atoms with van der Waals surface area (Å²) in [7, 11) is 2.00. The number of hydrogen-bond donors (Lipinski definition) is 1. The van der Waals surface area contributed by atoms with E-state index in [9.17, 15) is 4.79 Å². The molecule has 2 heterocycles. The first kappa shape index (κ1) is 12.1. The van der Waals surface area contributed by atoms with E-state index in [1.54, 1.807) is 0 Å². The number of nitrogens with zero attached hydrogens (tertiary/aromatic N) is 2. The van der Waals surface area contributed by atoms with Gasteiger partial charge in [0, 0.05) is 37.2 Å². The highest BCUT2D eigenvalue weighted by atomic mass is 16.2. The van der Waals surface area contributed by atoms with Crippen molar-refractivity contribution in [1.82, 2.24) is 9.47 Å². The predicted molar refractivity (Wildman–Crippen MR) is 77.4 cm³/mol. The molecule has 3 rings (SSSR count). The van der Waals surface area contributed by atoms with E-state index in [4.69, 9.17) is 0 Å². The molecule has 0 radical (unpaired) electrons. The number of piperidine rings is 1. The van der Waals surface area contributed by atoms with Gasteiger partial charge in [0.2, 0.25) is 0 Å². The third kappa shape index (κ3) is 2.30. The molecule has 1 aliphatic heterocycles. The Kier molecular flexibility index (Phi) is 3.15. The average molecular weight is 257 g/mol. The Bertz CT molecular complexity index is 596. The van der Waals surface area contributed by atoms with Gasteiger partial charge in [-0.25, -0.2) is 4.79 Å². The Hall–Kier alpha value is -1.97. The lowest BCUT2D eigenvalue weighted by atomic mass is 10.1. The van der Waals surface area contributed by atoms with Gasteiger partial charge in [-0.2, -0.15) is 0 Å². The second-order valence-electron chi connectivity index (χ2n) is 5.15. The number of hydrogen-bond acceptors (Lipinski definition) is 1. The van der Waals surface area contributed by atoms with Crippen molar-refractivity contribution in [2.45, 2.75) is 19.3 Å². The van der Waals surface area contributed by atoms with Crippen molar-refractivity contribution >= 4 is 22.6 Å². The Morgan fingerprint density at radius 2 is 1.89 bits per heavy atom. The average Bonchev–Trinajstić information content (AvgIpc) is 2.77. The topological polar surface area (TPSA) is 37.3 Å². The lowest BCUT2D eigenvalue weighted by Gasteiger charge is -2.26. The van der Waals surface area contributed by atoms with Crippen LogP contribution in [0.2, 0.25) is 0 Å². The number of likely N-dealkylation sites (tertiary alicyclic amines) is 1. The number of urea groups is 1. The Morgan fingerprint density at radius 3 is 2.68 bits per heavy atom. The van der Waals surface area contributed by atoms with E-state index < -0.39 is 0 Å². The molecule has 0 saturated carbocycles. The van der Waals surface area contributed by atoms with Crippen LogP contribution in [0, 0.1) is 0 Å². The van der Waals surface area contributed by atoms with Gasteiger partial charge < -0.3 is 14.8 Å². The lowest BCUT2D eigenvalue weighted by molar-refractivity contribution is 0.200. The second-order valence-corrected chi connectivity index (χ2v) is 5.15. The summed E-state index contributed by atoms with van der Waals surface area (Å²) < 4.78 is 2.04. The minimum Gasteiger partial charge on any atom is -0.348 e. The zero-order valence-corrected chi connectivity index (χ0v) is 11.2. The molecule has 0 spiro atoms. The smallest absolute Gasteiger partial charge is 0.321 e. The molecule has 1 N–H and O–H groups in total. The maximum Gasteiger partial charge on any atom is 0.321 e. The van der Waals surface area contributed by atoms with Crippen molar-refractivity contribution in [3.05, 3.63) is 30.5 Å². The fraction of sp³-hybridized carbons (Fsp3) is 0.400. The maximum atomic E-state index is 12.2. The van der Waals surface area contributed by atoms with Crippen molar-refractivity contribution in [1.29, 1.82) is 0 Å². The maximum absolute atomic E-state index is 12.2. The van der Waals surface area contributed by atoms with Gasteiger partial charge in [-0.05, 0) is 25.3 Å². The lowest BCUT2D eigenvalue weighted by Crippen LogP contribution is -2.38. The molecule has 1 saturated heterocycles. The van der Waals surface area contributed by atoms with Crippen LogP contribution < -0.4 is 5.32 Å². The quantitative estimate of drug-likeness (QED) is 0.837. The first-order valence-electron chi connectivity index (χ1n) is 6.86. The van der Waals surface area contributed by atoms with Crippen LogP contribution >= 0.6 is 0 Å². The number of carbonyl (C=O) groups excluding carboxylic acids is 1. The van der Waals surface area contributed by atoms with Crippen LogP contribution in [0.5, 0.6) is 0 Å². The zero-order chi connectivity index (χ0) is 13.2. The predicted octanol–water partition coefficient (Wildman–Crippen LogP) is 3.20. The first-order valence-corrected chi connectivity index (χ1v) is 6.86. The molecule has 1 aliphatic rings. The van der Waals surface area contributed by atoms with Gasteiger partial charge in [-0.15, -0.1) is 0 Å². The van der Waals surface area contributed by atoms with Gasteiger partial charge in [0.1, 0.15) is 0 Å². The van der Waals surface area contributed by atoms with Crippen LogP contribution in [0.4, 0.5) is 10.5 Å².